The van der Waals surface area contributed by atoms with Gasteiger partial charge in [-0.15, -0.1) is 0 Å². The maximum Gasteiger partial charge on any atom is 0.305 e. The summed E-state index contributed by atoms with van der Waals surface area (Å²) in [6.07, 6.45) is 0.931. The Morgan fingerprint density at radius 2 is 1.87 bits per heavy atom. The Bertz CT molecular complexity index is 717. The average molecular weight is 315 g/mol. The number of nitrogens with zero attached hydrogens (tertiary/aromatic N) is 2. The van der Waals surface area contributed by atoms with E-state index < -0.39 is 0 Å². The lowest BCUT2D eigenvalue weighted by Crippen LogP contribution is -2.17. The molecule has 2 aromatic rings. The van der Waals surface area contributed by atoms with E-state index >= 15 is 0 Å². The standard InChI is InChI=1S/C17H21N3O3/c1-11-15(9-10-16(21)23-4)12(2)20(19-11)14-7-5-13(6-8-14)17(22)18-3/h5-8H,9-10H2,1-4H3,(H,18,22). The first-order valence-corrected chi connectivity index (χ1v) is 7.42. The molecule has 1 aromatic heterocycles. The van der Waals surface area contributed by atoms with E-state index in [4.69, 9.17) is 0 Å². The second kappa shape index (κ2) is 7.09. The van der Waals surface area contributed by atoms with Crippen molar-refractivity contribution in [2.45, 2.75) is 26.7 Å². The number of hydrogen-bond donors (Lipinski definition) is 1. The third-order valence-electron chi connectivity index (χ3n) is 3.85. The van der Waals surface area contributed by atoms with Crippen molar-refractivity contribution in [3.8, 4) is 5.69 Å². The minimum atomic E-state index is -0.230. The number of aromatic nitrogens is 2. The molecule has 23 heavy (non-hydrogen) atoms. The van der Waals surface area contributed by atoms with Crippen LogP contribution < -0.4 is 5.32 Å². The number of hydrogen-bond acceptors (Lipinski definition) is 4. The molecule has 2 rings (SSSR count). The Morgan fingerprint density at radius 3 is 2.43 bits per heavy atom. The van der Waals surface area contributed by atoms with Gasteiger partial charge in [0.05, 0.1) is 18.5 Å². The van der Waals surface area contributed by atoms with Crippen LogP contribution in [0.15, 0.2) is 24.3 Å². The molecule has 0 radical (unpaired) electrons. The van der Waals surface area contributed by atoms with Crippen molar-refractivity contribution in [2.24, 2.45) is 0 Å². The maximum absolute atomic E-state index is 11.6. The molecular weight excluding hydrogens is 294 g/mol. The van der Waals surface area contributed by atoms with Gasteiger partial charge in [-0.2, -0.15) is 5.10 Å². The molecule has 0 aliphatic rings. The zero-order chi connectivity index (χ0) is 17.0. The third kappa shape index (κ3) is 3.59. The molecule has 0 aliphatic carbocycles. The molecular formula is C17H21N3O3. The Hall–Kier alpha value is -2.63. The van der Waals surface area contributed by atoms with E-state index in [-0.39, 0.29) is 11.9 Å². The van der Waals surface area contributed by atoms with Crippen LogP contribution in [-0.2, 0) is 16.0 Å². The van der Waals surface area contributed by atoms with Gasteiger partial charge in [0.25, 0.3) is 5.91 Å². The topological polar surface area (TPSA) is 73.2 Å². The summed E-state index contributed by atoms with van der Waals surface area (Å²) < 4.78 is 6.51. The average Bonchev–Trinajstić information content (AvgIpc) is 2.86. The fraction of sp³-hybridized carbons (Fsp3) is 0.353. The molecule has 6 nitrogen and oxygen atoms in total. The Kier molecular flexibility index (Phi) is 5.16. The van der Waals surface area contributed by atoms with Crippen molar-refractivity contribution in [3.63, 3.8) is 0 Å². The maximum atomic E-state index is 11.6. The van der Waals surface area contributed by atoms with Crippen molar-refractivity contribution in [3.05, 3.63) is 46.8 Å². The molecule has 0 saturated heterocycles. The molecule has 6 heteroatoms. The molecule has 1 aromatic carbocycles. The fourth-order valence-electron chi connectivity index (χ4n) is 2.52. The molecule has 0 saturated carbocycles. The highest BCUT2D eigenvalue weighted by atomic mass is 16.5. The SMILES string of the molecule is CNC(=O)c1ccc(-n2nc(C)c(CCC(=O)OC)c2C)cc1. The lowest BCUT2D eigenvalue weighted by molar-refractivity contribution is -0.140. The number of methoxy groups -OCH3 is 1. The molecule has 0 spiro atoms. The van der Waals surface area contributed by atoms with E-state index in [0.29, 0.717) is 18.4 Å². The molecule has 0 unspecified atom stereocenters. The zero-order valence-electron chi connectivity index (χ0n) is 13.8. The van der Waals surface area contributed by atoms with Crippen LogP contribution in [0.4, 0.5) is 0 Å². The lowest BCUT2D eigenvalue weighted by atomic mass is 10.1. The van der Waals surface area contributed by atoms with Crippen molar-refractivity contribution < 1.29 is 14.3 Å². The van der Waals surface area contributed by atoms with Gasteiger partial charge in [-0.3, -0.25) is 9.59 Å². The number of benzene rings is 1. The number of amides is 1. The van der Waals surface area contributed by atoms with E-state index in [2.05, 4.69) is 15.2 Å². The van der Waals surface area contributed by atoms with Crippen molar-refractivity contribution in [1.82, 2.24) is 15.1 Å². The van der Waals surface area contributed by atoms with Gasteiger partial charge in [-0.25, -0.2) is 4.68 Å². The zero-order valence-corrected chi connectivity index (χ0v) is 13.8. The number of rotatable bonds is 5. The highest BCUT2D eigenvalue weighted by Gasteiger charge is 2.14. The van der Waals surface area contributed by atoms with Crippen LogP contribution in [0.2, 0.25) is 0 Å². The molecule has 0 bridgehead atoms. The van der Waals surface area contributed by atoms with Gasteiger partial charge in [0.1, 0.15) is 0 Å². The predicted molar refractivity (Wildman–Crippen MR) is 86.8 cm³/mol. The molecule has 1 amide bonds. The summed E-state index contributed by atoms with van der Waals surface area (Å²) in [5.74, 6) is -0.352. The van der Waals surface area contributed by atoms with Crippen molar-refractivity contribution >= 4 is 11.9 Å². The van der Waals surface area contributed by atoms with Crippen LogP contribution in [0.3, 0.4) is 0 Å². The van der Waals surface area contributed by atoms with E-state index in [0.717, 1.165) is 22.6 Å². The van der Waals surface area contributed by atoms with Crippen LogP contribution in [0.5, 0.6) is 0 Å². The summed E-state index contributed by atoms with van der Waals surface area (Å²) >= 11 is 0. The summed E-state index contributed by atoms with van der Waals surface area (Å²) in [7, 11) is 2.99. The van der Waals surface area contributed by atoms with Gasteiger partial charge in [0.15, 0.2) is 0 Å². The minimum absolute atomic E-state index is 0.122. The Labute approximate surface area is 135 Å². The second-order valence-corrected chi connectivity index (χ2v) is 5.26. The number of esters is 1. The van der Waals surface area contributed by atoms with Crippen LogP contribution in [0.1, 0.15) is 33.7 Å². The number of carbonyl (C=O) groups is 2. The highest BCUT2D eigenvalue weighted by molar-refractivity contribution is 5.94. The van der Waals surface area contributed by atoms with Gasteiger partial charge in [0, 0.05) is 24.7 Å². The monoisotopic (exact) mass is 315 g/mol. The summed E-state index contributed by atoms with van der Waals surface area (Å²) in [6, 6.07) is 7.24. The third-order valence-corrected chi connectivity index (χ3v) is 3.85. The van der Waals surface area contributed by atoms with Crippen LogP contribution in [-0.4, -0.2) is 35.8 Å². The normalized spacial score (nSPS) is 10.4. The van der Waals surface area contributed by atoms with E-state index in [1.54, 1.807) is 19.2 Å². The van der Waals surface area contributed by atoms with Crippen LogP contribution in [0, 0.1) is 13.8 Å². The highest BCUT2D eigenvalue weighted by Crippen LogP contribution is 2.20. The fourth-order valence-corrected chi connectivity index (χ4v) is 2.52. The summed E-state index contributed by atoms with van der Waals surface area (Å²) in [4.78, 5) is 22.9. The molecule has 122 valence electrons. The first-order chi connectivity index (χ1) is 11.0. The van der Waals surface area contributed by atoms with Gasteiger partial charge in [0.2, 0.25) is 0 Å². The second-order valence-electron chi connectivity index (χ2n) is 5.26. The van der Waals surface area contributed by atoms with Crippen molar-refractivity contribution in [1.29, 1.82) is 0 Å². The van der Waals surface area contributed by atoms with Crippen LogP contribution in [0.25, 0.3) is 5.69 Å². The van der Waals surface area contributed by atoms with Gasteiger partial charge < -0.3 is 10.1 Å². The Morgan fingerprint density at radius 1 is 1.22 bits per heavy atom. The predicted octanol–water partition coefficient (Wildman–Crippen LogP) is 1.95. The van der Waals surface area contributed by atoms with E-state index in [1.165, 1.54) is 7.11 Å². The number of aryl methyl sites for hydroxylation is 1. The van der Waals surface area contributed by atoms with E-state index in [9.17, 15) is 9.59 Å². The number of ether oxygens (including phenoxy) is 1. The first kappa shape index (κ1) is 16.7. The van der Waals surface area contributed by atoms with Gasteiger partial charge in [-0.1, -0.05) is 0 Å². The summed E-state index contributed by atoms with van der Waals surface area (Å²) in [5.41, 5.74) is 4.40. The number of nitrogens with one attached hydrogen (secondary N) is 1. The Balaban J connectivity index is 2.27. The van der Waals surface area contributed by atoms with Crippen LogP contribution >= 0.6 is 0 Å². The molecule has 0 aliphatic heterocycles. The van der Waals surface area contributed by atoms with Crippen molar-refractivity contribution in [2.75, 3.05) is 14.2 Å². The molecule has 0 fully saturated rings. The van der Waals surface area contributed by atoms with Gasteiger partial charge >= 0.3 is 5.97 Å². The van der Waals surface area contributed by atoms with E-state index in [1.807, 2.05) is 30.7 Å². The lowest BCUT2D eigenvalue weighted by Gasteiger charge is -2.07. The molecule has 1 heterocycles. The summed E-state index contributed by atoms with van der Waals surface area (Å²) in [5, 5.41) is 7.14. The minimum Gasteiger partial charge on any atom is -0.469 e. The largest absolute Gasteiger partial charge is 0.469 e. The number of carbonyl (C=O) groups excluding carboxylic acids is 2. The first-order valence-electron chi connectivity index (χ1n) is 7.42. The molecule has 1 N–H and O–H groups in total. The summed E-state index contributed by atoms with van der Waals surface area (Å²) in [6.45, 7) is 3.90. The quantitative estimate of drug-likeness (QED) is 0.856. The smallest absolute Gasteiger partial charge is 0.305 e. The van der Waals surface area contributed by atoms with Gasteiger partial charge in [-0.05, 0) is 50.1 Å². The molecule has 0 atom stereocenters.